The van der Waals surface area contributed by atoms with Gasteiger partial charge in [0, 0.05) is 6.54 Å². The average Bonchev–Trinajstić information content (AvgIpc) is 3.10. The maximum absolute atomic E-state index is 12.2. The molecule has 1 saturated heterocycles. The van der Waals surface area contributed by atoms with Crippen molar-refractivity contribution in [3.05, 3.63) is 23.8 Å². The molecule has 2 heterocycles. The van der Waals surface area contributed by atoms with Crippen molar-refractivity contribution in [2.24, 2.45) is 5.41 Å². The highest BCUT2D eigenvalue weighted by molar-refractivity contribution is 7.22. The molecule has 1 saturated carbocycles. The zero-order valence-corrected chi connectivity index (χ0v) is 12.9. The predicted octanol–water partition coefficient (Wildman–Crippen LogP) is 2.00. The highest BCUT2D eigenvalue weighted by Crippen LogP contribution is 2.51. The van der Waals surface area contributed by atoms with Crippen molar-refractivity contribution in [1.29, 1.82) is 0 Å². The van der Waals surface area contributed by atoms with Crippen molar-refractivity contribution in [3.63, 3.8) is 0 Å². The Bertz CT molecular complexity index is 781. The van der Waals surface area contributed by atoms with Crippen LogP contribution in [-0.2, 0) is 4.79 Å². The van der Waals surface area contributed by atoms with Crippen LogP contribution >= 0.6 is 11.3 Å². The van der Waals surface area contributed by atoms with Crippen LogP contribution in [0.15, 0.2) is 18.2 Å². The monoisotopic (exact) mass is 316 g/mol. The van der Waals surface area contributed by atoms with E-state index in [4.69, 9.17) is 0 Å². The van der Waals surface area contributed by atoms with Gasteiger partial charge in [0.05, 0.1) is 21.7 Å². The fourth-order valence-electron chi connectivity index (χ4n) is 3.05. The lowest BCUT2D eigenvalue weighted by atomic mass is 10.0. The Labute approximate surface area is 131 Å². The summed E-state index contributed by atoms with van der Waals surface area (Å²) in [5.41, 5.74) is 1.64. The number of aromatic nitrogens is 1. The van der Waals surface area contributed by atoms with Crippen LogP contribution in [0, 0.1) is 12.3 Å². The van der Waals surface area contributed by atoms with Crippen molar-refractivity contribution in [2.45, 2.75) is 25.8 Å². The fraction of sp³-hybridized carbons (Fsp3) is 0.400. The molecule has 1 aromatic carbocycles. The second-order valence-electron chi connectivity index (χ2n) is 5.96. The minimum absolute atomic E-state index is 0.0633. The van der Waals surface area contributed by atoms with Crippen LogP contribution in [-0.4, -0.2) is 29.5 Å². The largest absolute Gasteiger partial charge is 0.353 e. The minimum Gasteiger partial charge on any atom is -0.353 e. The number of urea groups is 1. The number of amides is 3. The second-order valence-corrected chi connectivity index (χ2v) is 6.99. The fourth-order valence-corrected chi connectivity index (χ4v) is 3.99. The summed E-state index contributed by atoms with van der Waals surface area (Å²) in [6, 6.07) is 5.54. The summed E-state index contributed by atoms with van der Waals surface area (Å²) in [4.78, 5) is 28.4. The van der Waals surface area contributed by atoms with Gasteiger partial charge < -0.3 is 10.6 Å². The summed E-state index contributed by atoms with van der Waals surface area (Å²) in [5.74, 6) is 0.0633. The molecule has 3 N–H and O–H groups in total. The standard InChI is InChI=1S/C15H16N4O2S/c1-8-3-2-4-9-11(8)18-14(22-9)19-13(21)17-10-7-16-12(20)15(10)5-6-15/h2-4,10H,5-7H2,1H3,(H,16,20)(H2,17,18,19,21). The number of carbonyl (C=O) groups excluding carboxylic acids is 2. The smallest absolute Gasteiger partial charge is 0.321 e. The van der Waals surface area contributed by atoms with Gasteiger partial charge in [-0.2, -0.15) is 0 Å². The molecule has 1 unspecified atom stereocenters. The lowest BCUT2D eigenvalue weighted by molar-refractivity contribution is -0.123. The molecule has 0 bridgehead atoms. The summed E-state index contributed by atoms with van der Waals surface area (Å²) in [5, 5.41) is 9.09. The van der Waals surface area contributed by atoms with Gasteiger partial charge >= 0.3 is 6.03 Å². The molecule has 1 aromatic heterocycles. The lowest BCUT2D eigenvalue weighted by Gasteiger charge is -2.16. The van der Waals surface area contributed by atoms with Crippen molar-refractivity contribution in [3.8, 4) is 0 Å². The first-order valence-electron chi connectivity index (χ1n) is 7.30. The number of rotatable bonds is 2. The van der Waals surface area contributed by atoms with Gasteiger partial charge in [-0.25, -0.2) is 9.78 Å². The molecule has 0 radical (unpaired) electrons. The average molecular weight is 316 g/mol. The second kappa shape index (κ2) is 4.67. The molecule has 1 atom stereocenters. The summed E-state index contributed by atoms with van der Waals surface area (Å²) in [7, 11) is 0. The van der Waals surface area contributed by atoms with Crippen LogP contribution in [0.3, 0.4) is 0 Å². The third kappa shape index (κ3) is 2.04. The molecule has 7 heteroatoms. The maximum Gasteiger partial charge on any atom is 0.321 e. The number of nitrogens with zero attached hydrogens (tertiary/aromatic N) is 1. The number of anilines is 1. The summed E-state index contributed by atoms with van der Waals surface area (Å²) in [6.07, 6.45) is 1.70. The van der Waals surface area contributed by atoms with Gasteiger partial charge in [-0.3, -0.25) is 10.1 Å². The molecule has 3 amide bonds. The van der Waals surface area contributed by atoms with Gasteiger partial charge in [0.15, 0.2) is 5.13 Å². The van der Waals surface area contributed by atoms with E-state index in [0.29, 0.717) is 11.7 Å². The number of para-hydroxylation sites is 1. The van der Waals surface area contributed by atoms with Crippen molar-refractivity contribution in [1.82, 2.24) is 15.6 Å². The Balaban J connectivity index is 1.47. The molecule has 4 rings (SSSR count). The number of benzene rings is 1. The van der Waals surface area contributed by atoms with Gasteiger partial charge in [0.25, 0.3) is 0 Å². The number of hydrogen-bond donors (Lipinski definition) is 3. The van der Waals surface area contributed by atoms with E-state index in [9.17, 15) is 9.59 Å². The normalized spacial score (nSPS) is 21.9. The summed E-state index contributed by atoms with van der Waals surface area (Å²) in [6.45, 7) is 2.50. The zero-order valence-electron chi connectivity index (χ0n) is 12.1. The van der Waals surface area contributed by atoms with E-state index in [1.165, 1.54) is 11.3 Å². The van der Waals surface area contributed by atoms with Gasteiger partial charge in [0.1, 0.15) is 0 Å². The molecule has 2 fully saturated rings. The van der Waals surface area contributed by atoms with Crippen LogP contribution < -0.4 is 16.0 Å². The van der Waals surface area contributed by atoms with Crippen molar-refractivity contribution >= 4 is 38.6 Å². The molecule has 1 spiro atoms. The van der Waals surface area contributed by atoms with Crippen LogP contribution in [0.2, 0.25) is 0 Å². The molecule has 114 valence electrons. The van der Waals surface area contributed by atoms with Gasteiger partial charge in [-0.05, 0) is 31.4 Å². The van der Waals surface area contributed by atoms with Gasteiger partial charge in [-0.15, -0.1) is 0 Å². The van der Waals surface area contributed by atoms with Crippen LogP contribution in [0.1, 0.15) is 18.4 Å². The molecule has 6 nitrogen and oxygen atoms in total. The van der Waals surface area contributed by atoms with Crippen LogP contribution in [0.5, 0.6) is 0 Å². The SMILES string of the molecule is Cc1cccc2sc(NC(=O)NC3CNC(=O)C34CC4)nc12. The Morgan fingerprint density at radius 1 is 1.45 bits per heavy atom. The number of aryl methyl sites for hydroxylation is 1. The maximum atomic E-state index is 12.2. The van der Waals surface area contributed by atoms with E-state index in [2.05, 4.69) is 20.9 Å². The first-order chi connectivity index (χ1) is 10.6. The first kappa shape index (κ1) is 13.5. The van der Waals surface area contributed by atoms with E-state index in [0.717, 1.165) is 28.6 Å². The number of nitrogens with one attached hydrogen (secondary N) is 3. The quantitative estimate of drug-likeness (QED) is 0.792. The van der Waals surface area contributed by atoms with Crippen LogP contribution in [0.25, 0.3) is 10.2 Å². The van der Waals surface area contributed by atoms with Crippen molar-refractivity contribution in [2.75, 3.05) is 11.9 Å². The van der Waals surface area contributed by atoms with E-state index in [-0.39, 0.29) is 23.4 Å². The van der Waals surface area contributed by atoms with Crippen LogP contribution in [0.4, 0.5) is 9.93 Å². The number of carbonyl (C=O) groups is 2. The predicted molar refractivity (Wildman–Crippen MR) is 85.0 cm³/mol. The lowest BCUT2D eigenvalue weighted by Crippen LogP contribution is -2.43. The van der Waals surface area contributed by atoms with E-state index in [1.807, 2.05) is 25.1 Å². The third-order valence-corrected chi connectivity index (χ3v) is 5.46. The molecule has 1 aliphatic heterocycles. The molecular formula is C15H16N4O2S. The molecule has 2 aromatic rings. The Kier molecular flexibility index (Phi) is 2.87. The summed E-state index contributed by atoms with van der Waals surface area (Å²) >= 11 is 1.45. The Hall–Kier alpha value is -2.15. The Morgan fingerprint density at radius 3 is 3.00 bits per heavy atom. The first-order valence-corrected chi connectivity index (χ1v) is 8.12. The highest BCUT2D eigenvalue weighted by atomic mass is 32.1. The third-order valence-electron chi connectivity index (χ3n) is 4.52. The van der Waals surface area contributed by atoms with E-state index >= 15 is 0 Å². The molecule has 2 aliphatic rings. The minimum atomic E-state index is -0.360. The van der Waals surface area contributed by atoms with E-state index < -0.39 is 0 Å². The molecular weight excluding hydrogens is 300 g/mol. The molecule has 22 heavy (non-hydrogen) atoms. The topological polar surface area (TPSA) is 83.1 Å². The molecule has 1 aliphatic carbocycles. The van der Waals surface area contributed by atoms with Gasteiger partial charge in [-0.1, -0.05) is 23.5 Å². The number of fused-ring (bicyclic) bond motifs is 1. The Morgan fingerprint density at radius 2 is 2.27 bits per heavy atom. The van der Waals surface area contributed by atoms with E-state index in [1.54, 1.807) is 0 Å². The zero-order chi connectivity index (χ0) is 15.3. The summed E-state index contributed by atoms with van der Waals surface area (Å²) < 4.78 is 1.05. The number of hydrogen-bond acceptors (Lipinski definition) is 4. The van der Waals surface area contributed by atoms with Crippen molar-refractivity contribution < 1.29 is 9.59 Å². The highest BCUT2D eigenvalue weighted by Gasteiger charge is 2.59. The number of thiazole rings is 1. The van der Waals surface area contributed by atoms with Gasteiger partial charge in [0.2, 0.25) is 5.91 Å².